The zero-order valence-electron chi connectivity index (χ0n) is 7.33. The van der Waals surface area contributed by atoms with Gasteiger partial charge in [-0.15, -0.1) is 0 Å². The molecule has 1 aliphatic rings. The topological polar surface area (TPSA) is 53.6 Å². The van der Waals surface area contributed by atoms with Crippen LogP contribution in [-0.2, 0) is 0 Å². The van der Waals surface area contributed by atoms with E-state index in [0.29, 0.717) is 0 Å². The van der Waals surface area contributed by atoms with E-state index >= 15 is 0 Å². The average Bonchev–Trinajstić information content (AvgIpc) is 2.47. The highest BCUT2D eigenvalue weighted by Crippen LogP contribution is 2.03. The zero-order chi connectivity index (χ0) is 8.93. The van der Waals surface area contributed by atoms with Crippen LogP contribution in [0.1, 0.15) is 6.42 Å². The first kappa shape index (κ1) is 8.19. The molecule has 4 nitrogen and oxygen atoms in total. The van der Waals surface area contributed by atoms with Crippen LogP contribution < -0.4 is 5.32 Å². The van der Waals surface area contributed by atoms with Crippen molar-refractivity contribution in [3.8, 4) is 0 Å². The minimum absolute atomic E-state index is 0.963. The van der Waals surface area contributed by atoms with Crippen LogP contribution >= 0.6 is 0 Å². The Morgan fingerprint density at radius 2 is 2.08 bits per heavy atom. The van der Waals surface area contributed by atoms with E-state index in [4.69, 9.17) is 0 Å². The van der Waals surface area contributed by atoms with Gasteiger partial charge >= 0.3 is 0 Å². The van der Waals surface area contributed by atoms with E-state index in [9.17, 15) is 0 Å². The van der Waals surface area contributed by atoms with Gasteiger partial charge in [0.2, 0.25) is 0 Å². The van der Waals surface area contributed by atoms with Crippen molar-refractivity contribution >= 4 is 11.0 Å². The molecule has 2 N–H and O–H groups in total. The molecule has 2 aromatic heterocycles. The normalized spacial score (nSPS) is 14.5. The third kappa shape index (κ3) is 2.03. The van der Waals surface area contributed by atoms with Crippen LogP contribution in [0.15, 0.2) is 24.8 Å². The quantitative estimate of drug-likeness (QED) is 0.628. The molecule has 0 atom stereocenters. The van der Waals surface area contributed by atoms with Crippen molar-refractivity contribution in [2.75, 3.05) is 13.1 Å². The lowest BCUT2D eigenvalue weighted by atomic mass is 10.3. The molecule has 0 spiro atoms. The molecule has 2 aromatic rings. The first-order valence-corrected chi connectivity index (χ1v) is 4.40. The van der Waals surface area contributed by atoms with E-state index < -0.39 is 0 Å². The van der Waals surface area contributed by atoms with E-state index in [1.54, 1.807) is 6.20 Å². The molecule has 0 radical (unpaired) electrons. The monoisotopic (exact) mass is 176 g/mol. The van der Waals surface area contributed by atoms with Gasteiger partial charge in [0, 0.05) is 6.20 Å². The Hall–Kier alpha value is -1.42. The molecule has 0 aromatic carbocycles. The van der Waals surface area contributed by atoms with Crippen molar-refractivity contribution in [3.63, 3.8) is 0 Å². The van der Waals surface area contributed by atoms with Crippen LogP contribution in [-0.4, -0.2) is 28.0 Å². The van der Waals surface area contributed by atoms with Crippen LogP contribution in [0.2, 0.25) is 0 Å². The molecule has 3 rings (SSSR count). The predicted octanol–water partition coefficient (Wildman–Crippen LogP) is 0.938. The SMILES string of the molecule is C1CNC1.c1ncc2[nH]ccc2n1. The summed E-state index contributed by atoms with van der Waals surface area (Å²) in [6.07, 6.45) is 6.53. The summed E-state index contributed by atoms with van der Waals surface area (Å²) in [5.41, 5.74) is 1.95. The van der Waals surface area contributed by atoms with E-state index in [1.807, 2.05) is 12.3 Å². The van der Waals surface area contributed by atoms with Gasteiger partial charge in [0.1, 0.15) is 6.33 Å². The van der Waals surface area contributed by atoms with Crippen molar-refractivity contribution in [1.29, 1.82) is 0 Å². The second-order valence-corrected chi connectivity index (χ2v) is 2.90. The Balaban J connectivity index is 0.000000137. The lowest BCUT2D eigenvalue weighted by Gasteiger charge is -2.09. The molecule has 0 amide bonds. The maximum atomic E-state index is 4.00. The van der Waals surface area contributed by atoms with Gasteiger partial charge in [-0.25, -0.2) is 9.97 Å². The second-order valence-electron chi connectivity index (χ2n) is 2.90. The number of rotatable bonds is 0. The average molecular weight is 176 g/mol. The molecule has 1 aliphatic heterocycles. The summed E-state index contributed by atoms with van der Waals surface area (Å²) in [6.45, 7) is 2.50. The standard InChI is InChI=1S/C6H5N3.C3H7N/c1-2-8-6-3-7-4-9-5(1)6;1-2-4-3-1/h1-4,8H;4H,1-3H2. The van der Waals surface area contributed by atoms with Gasteiger partial charge in [0.25, 0.3) is 0 Å². The van der Waals surface area contributed by atoms with Gasteiger partial charge in [-0.3, -0.25) is 0 Å². The highest BCUT2D eigenvalue weighted by atomic mass is 14.9. The third-order valence-corrected chi connectivity index (χ3v) is 1.93. The molecule has 0 unspecified atom stereocenters. The van der Waals surface area contributed by atoms with Gasteiger partial charge in [0.05, 0.1) is 17.2 Å². The molecule has 0 bridgehead atoms. The number of aromatic amines is 1. The smallest absolute Gasteiger partial charge is 0.116 e. The fourth-order valence-electron chi connectivity index (χ4n) is 0.970. The molecule has 13 heavy (non-hydrogen) atoms. The largest absolute Gasteiger partial charge is 0.359 e. The van der Waals surface area contributed by atoms with E-state index in [2.05, 4.69) is 20.3 Å². The Labute approximate surface area is 76.4 Å². The number of H-pyrrole nitrogens is 1. The van der Waals surface area contributed by atoms with Crippen LogP contribution in [0.4, 0.5) is 0 Å². The number of nitrogens with zero attached hydrogens (tertiary/aromatic N) is 2. The first-order chi connectivity index (χ1) is 6.47. The summed E-state index contributed by atoms with van der Waals surface area (Å²) < 4.78 is 0. The minimum atomic E-state index is 0.963. The zero-order valence-corrected chi connectivity index (χ0v) is 7.33. The Morgan fingerprint density at radius 3 is 2.69 bits per heavy atom. The number of aromatic nitrogens is 3. The van der Waals surface area contributed by atoms with Gasteiger partial charge in [-0.05, 0) is 25.6 Å². The Kier molecular flexibility index (Phi) is 2.52. The molecule has 3 heterocycles. The van der Waals surface area contributed by atoms with Crippen molar-refractivity contribution in [2.24, 2.45) is 0 Å². The molecule has 4 heteroatoms. The summed E-state index contributed by atoms with van der Waals surface area (Å²) in [5.74, 6) is 0. The van der Waals surface area contributed by atoms with Crippen LogP contribution in [0.3, 0.4) is 0 Å². The van der Waals surface area contributed by atoms with Gasteiger partial charge in [-0.2, -0.15) is 0 Å². The summed E-state index contributed by atoms with van der Waals surface area (Å²) in [5, 5.41) is 3.11. The molecule has 68 valence electrons. The minimum Gasteiger partial charge on any atom is -0.359 e. The van der Waals surface area contributed by atoms with Gasteiger partial charge in [0.15, 0.2) is 0 Å². The van der Waals surface area contributed by atoms with Crippen molar-refractivity contribution < 1.29 is 0 Å². The molecular weight excluding hydrogens is 164 g/mol. The first-order valence-electron chi connectivity index (χ1n) is 4.40. The molecular formula is C9H12N4. The molecule has 0 saturated carbocycles. The highest BCUT2D eigenvalue weighted by Gasteiger charge is 1.92. The number of hydrogen-bond donors (Lipinski definition) is 2. The summed E-state index contributed by atoms with van der Waals surface area (Å²) in [6, 6.07) is 1.91. The summed E-state index contributed by atoms with van der Waals surface area (Å²) in [4.78, 5) is 10.8. The number of hydrogen-bond acceptors (Lipinski definition) is 3. The fraction of sp³-hybridized carbons (Fsp3) is 0.333. The Bertz CT molecular complexity index is 330. The number of fused-ring (bicyclic) bond motifs is 1. The second kappa shape index (κ2) is 4.00. The van der Waals surface area contributed by atoms with Crippen molar-refractivity contribution in [3.05, 3.63) is 24.8 Å². The van der Waals surface area contributed by atoms with Crippen molar-refractivity contribution in [2.45, 2.75) is 6.42 Å². The summed E-state index contributed by atoms with van der Waals surface area (Å²) >= 11 is 0. The molecule has 0 aliphatic carbocycles. The van der Waals surface area contributed by atoms with Crippen LogP contribution in [0, 0.1) is 0 Å². The summed E-state index contributed by atoms with van der Waals surface area (Å²) in [7, 11) is 0. The lowest BCUT2D eigenvalue weighted by Crippen LogP contribution is -2.29. The van der Waals surface area contributed by atoms with E-state index in [0.717, 1.165) is 11.0 Å². The van der Waals surface area contributed by atoms with Crippen LogP contribution in [0.5, 0.6) is 0 Å². The molecule has 1 fully saturated rings. The fourth-order valence-corrected chi connectivity index (χ4v) is 0.970. The maximum Gasteiger partial charge on any atom is 0.116 e. The van der Waals surface area contributed by atoms with Gasteiger partial charge < -0.3 is 10.3 Å². The predicted molar refractivity (Wildman–Crippen MR) is 51.4 cm³/mol. The Morgan fingerprint density at radius 1 is 1.31 bits per heavy atom. The third-order valence-electron chi connectivity index (χ3n) is 1.93. The van der Waals surface area contributed by atoms with Crippen LogP contribution in [0.25, 0.3) is 11.0 Å². The lowest BCUT2D eigenvalue weighted by molar-refractivity contribution is 0.527. The highest BCUT2D eigenvalue weighted by molar-refractivity contribution is 5.72. The van der Waals surface area contributed by atoms with Crippen molar-refractivity contribution in [1.82, 2.24) is 20.3 Å². The number of nitrogens with one attached hydrogen (secondary N) is 2. The molecule has 1 saturated heterocycles. The maximum absolute atomic E-state index is 4.00. The van der Waals surface area contributed by atoms with E-state index in [1.165, 1.54) is 25.8 Å². The van der Waals surface area contributed by atoms with Gasteiger partial charge in [-0.1, -0.05) is 0 Å². The van der Waals surface area contributed by atoms with E-state index in [-0.39, 0.29) is 0 Å².